The molecule has 0 aliphatic heterocycles. The topological polar surface area (TPSA) is 143 Å². The number of azide groups is 1. The Morgan fingerprint density at radius 1 is 0.619 bits per heavy atom. The van der Waals surface area contributed by atoms with E-state index in [1.165, 1.54) is 4.91 Å². The first-order valence-corrected chi connectivity index (χ1v) is 8.93. The molecule has 2 rings (SSSR count). The molecule has 2 aromatic heterocycles. The van der Waals surface area contributed by atoms with E-state index in [0.717, 1.165) is 0 Å². The van der Waals surface area contributed by atoms with Crippen molar-refractivity contribution in [1.82, 2.24) is 19.6 Å². The number of nitrogens with zero attached hydrogens (tertiary/aromatic N) is 10. The first kappa shape index (κ1) is 41.0. The van der Waals surface area contributed by atoms with Gasteiger partial charge in [0.15, 0.2) is 11.4 Å². The summed E-state index contributed by atoms with van der Waals surface area (Å²) in [6, 6.07) is 0. The third-order valence-electron chi connectivity index (χ3n) is 4.01. The van der Waals surface area contributed by atoms with Gasteiger partial charge in [-0.15, -0.1) is 0 Å². The maximum atomic E-state index is 13.1. The Kier molecular flexibility index (Phi) is 13.1. The molecule has 0 fully saturated rings. The summed E-state index contributed by atoms with van der Waals surface area (Å²) in [5.74, 6) is -15.6. The van der Waals surface area contributed by atoms with Crippen molar-refractivity contribution >= 4 is 5.82 Å². The number of aromatic nitrogens is 4. The van der Waals surface area contributed by atoms with Gasteiger partial charge in [-0.05, 0) is 10.6 Å². The standard InChI is InChI=1S/C7H3F9N2.C7H3F8N5.N3.Na/c1-18-4(8)2(6(11,12)13)3(17-18)5(9,10)7(14,15)16;1-20-4(17-19-16)2(6(10,11)12)3(18-20)5(8,9)7(13,14)15;1-3-2;/h1H3;1H3;;/q;;-1;+1. The molecule has 0 aliphatic carbocycles. The van der Waals surface area contributed by atoms with Gasteiger partial charge < -0.3 is 11.1 Å². The smallest absolute Gasteiger partial charge is 0.373 e. The van der Waals surface area contributed by atoms with Crippen LogP contribution in [0.15, 0.2) is 5.11 Å². The van der Waals surface area contributed by atoms with Gasteiger partial charge in [-0.3, -0.25) is 9.59 Å². The van der Waals surface area contributed by atoms with Crippen LogP contribution in [0.4, 0.5) is 80.5 Å². The van der Waals surface area contributed by atoms with Crippen molar-refractivity contribution in [3.05, 3.63) is 54.9 Å². The molecule has 28 heteroatoms. The van der Waals surface area contributed by atoms with Crippen molar-refractivity contribution in [3.8, 4) is 0 Å². The summed E-state index contributed by atoms with van der Waals surface area (Å²) < 4.78 is 211. The van der Waals surface area contributed by atoms with Crippen LogP contribution in [0.2, 0.25) is 0 Å². The van der Waals surface area contributed by atoms with Gasteiger partial charge in [0.05, 0.1) is 0 Å². The molecule has 0 spiro atoms. The Labute approximate surface area is 240 Å². The summed E-state index contributed by atoms with van der Waals surface area (Å²) in [7, 11) is 1.11. The molecule has 2 aromatic rings. The van der Waals surface area contributed by atoms with Crippen LogP contribution in [0.5, 0.6) is 0 Å². The van der Waals surface area contributed by atoms with Crippen molar-refractivity contribution in [2.75, 3.05) is 0 Å². The van der Waals surface area contributed by atoms with Crippen LogP contribution < -0.4 is 29.6 Å². The average molecular weight is 660 g/mol. The van der Waals surface area contributed by atoms with E-state index < -0.39 is 70.8 Å². The van der Waals surface area contributed by atoms with E-state index in [2.05, 4.69) is 15.3 Å². The molecule has 42 heavy (non-hydrogen) atoms. The molecule has 0 aromatic carbocycles. The normalized spacial score (nSPS) is 12.5. The van der Waals surface area contributed by atoms with Gasteiger partial charge in [0.25, 0.3) is 0 Å². The Bertz CT molecular complexity index is 1300. The van der Waals surface area contributed by atoms with E-state index in [-0.39, 0.29) is 38.9 Å². The first-order chi connectivity index (χ1) is 18.0. The molecule has 2 heterocycles. The second kappa shape index (κ2) is 13.4. The fraction of sp³-hybridized carbons (Fsp3) is 0.571. The third kappa shape index (κ3) is 8.68. The quantitative estimate of drug-likeness (QED) is 0.148. The second-order valence-electron chi connectivity index (χ2n) is 6.73. The summed E-state index contributed by atoms with van der Waals surface area (Å²) in [5.41, 5.74) is 11.1. The van der Waals surface area contributed by atoms with E-state index in [4.69, 9.17) is 16.6 Å². The Morgan fingerprint density at radius 3 is 1.21 bits per heavy atom. The molecule has 0 saturated carbocycles. The Morgan fingerprint density at radius 2 is 0.929 bits per heavy atom. The largest absolute Gasteiger partial charge is 1.00 e. The summed E-state index contributed by atoms with van der Waals surface area (Å²) in [4.78, 5) is 3.44. The molecule has 0 N–H and O–H groups in total. The zero-order valence-corrected chi connectivity index (χ0v) is 21.9. The monoisotopic (exact) mass is 660 g/mol. The molecule has 0 saturated heterocycles. The minimum atomic E-state index is -6.31. The third-order valence-corrected chi connectivity index (χ3v) is 4.01. The van der Waals surface area contributed by atoms with Gasteiger partial charge in [-0.25, -0.2) is 4.68 Å². The fourth-order valence-corrected chi connectivity index (χ4v) is 2.40. The average Bonchev–Trinajstić information content (AvgIpc) is 3.25. The molecule has 0 amide bonds. The summed E-state index contributed by atoms with van der Waals surface area (Å²) >= 11 is 0. The van der Waals surface area contributed by atoms with E-state index in [1.54, 1.807) is 0 Å². The molecule has 232 valence electrons. The van der Waals surface area contributed by atoms with Gasteiger partial charge in [-0.1, -0.05) is 0 Å². The van der Waals surface area contributed by atoms with Gasteiger partial charge in [-0.2, -0.15) is 84.8 Å². The molecule has 10 nitrogen and oxygen atoms in total. The molecule has 0 unspecified atom stereocenters. The number of halogens is 17. The van der Waals surface area contributed by atoms with Crippen molar-refractivity contribution in [2.45, 2.75) is 36.6 Å². The van der Waals surface area contributed by atoms with Crippen LogP contribution in [-0.2, 0) is 38.3 Å². The van der Waals surface area contributed by atoms with Crippen LogP contribution >= 0.6 is 0 Å². The number of rotatable bonds is 3. The zero-order chi connectivity index (χ0) is 33.2. The van der Waals surface area contributed by atoms with Crippen LogP contribution in [0.25, 0.3) is 26.4 Å². The predicted octanol–water partition coefficient (Wildman–Crippen LogP) is 5.14. The Hall–Kier alpha value is -3.15. The summed E-state index contributed by atoms with van der Waals surface area (Å²) in [6.07, 6.45) is -23.9. The van der Waals surface area contributed by atoms with Crippen molar-refractivity contribution < 1.29 is 104 Å². The van der Waals surface area contributed by atoms with E-state index >= 15 is 0 Å². The van der Waals surface area contributed by atoms with Gasteiger partial charge in [0, 0.05) is 19.0 Å². The Balaban J connectivity index is 0. The predicted molar refractivity (Wildman–Crippen MR) is 95.2 cm³/mol. The van der Waals surface area contributed by atoms with Crippen LogP contribution in [0, 0.1) is 5.95 Å². The number of alkyl halides is 16. The van der Waals surface area contributed by atoms with E-state index in [0.29, 0.717) is 14.1 Å². The minimum absolute atomic E-state index is 0. The van der Waals surface area contributed by atoms with Crippen molar-refractivity contribution in [2.24, 2.45) is 19.2 Å². The number of hydrogen-bond acceptors (Lipinski definition) is 3. The number of hydrogen-bond donors (Lipinski definition) is 0. The second-order valence-corrected chi connectivity index (χ2v) is 6.73. The summed E-state index contributed by atoms with van der Waals surface area (Å²) in [6.45, 7) is 0. The molecular formula is C14H6F17N10Na. The van der Waals surface area contributed by atoms with Crippen molar-refractivity contribution in [3.63, 3.8) is 0 Å². The van der Waals surface area contributed by atoms with Crippen LogP contribution in [-0.4, -0.2) is 31.9 Å². The number of aryl methyl sites for hydroxylation is 2. The van der Waals surface area contributed by atoms with Crippen molar-refractivity contribution in [1.29, 1.82) is 0 Å². The summed E-state index contributed by atoms with van der Waals surface area (Å²) in [5, 5.41) is 7.21. The van der Waals surface area contributed by atoms with Gasteiger partial charge in [0.1, 0.15) is 16.9 Å². The SMILES string of the molecule is Cn1nc(C(F)(F)C(F)(F)F)c(C(F)(F)F)c1F.Cn1nc(C(F)(F)C(F)(F)F)c(C(F)(F)F)c1N=[N+]=[N-].[N-]=[N+]=[N-].[Na+]. The molecular weight excluding hydrogens is 654 g/mol. The maximum Gasteiger partial charge on any atom is 1.00 e. The van der Waals surface area contributed by atoms with Gasteiger partial charge >= 0.3 is 66.1 Å². The fourth-order valence-electron chi connectivity index (χ4n) is 2.40. The van der Waals surface area contributed by atoms with E-state index in [9.17, 15) is 74.6 Å². The molecule has 0 atom stereocenters. The maximum absolute atomic E-state index is 13.1. The van der Waals surface area contributed by atoms with E-state index in [1.807, 2.05) is 4.91 Å². The molecule has 0 radical (unpaired) electrons. The van der Waals surface area contributed by atoms with Crippen LogP contribution in [0.1, 0.15) is 22.5 Å². The molecule has 0 aliphatic rings. The zero-order valence-electron chi connectivity index (χ0n) is 19.9. The van der Waals surface area contributed by atoms with Gasteiger partial charge in [0.2, 0.25) is 5.95 Å². The molecule has 0 bridgehead atoms. The minimum Gasteiger partial charge on any atom is -0.373 e. The van der Waals surface area contributed by atoms with Crippen LogP contribution in [0.3, 0.4) is 0 Å². The first-order valence-electron chi connectivity index (χ1n) is 8.93.